The van der Waals surface area contributed by atoms with E-state index < -0.39 is 0 Å². The molecule has 0 bridgehead atoms. The van der Waals surface area contributed by atoms with Crippen molar-refractivity contribution in [3.05, 3.63) is 66.2 Å². The van der Waals surface area contributed by atoms with Crippen LogP contribution in [0.3, 0.4) is 0 Å². The van der Waals surface area contributed by atoms with E-state index in [1.165, 1.54) is 0 Å². The van der Waals surface area contributed by atoms with Crippen LogP contribution in [0, 0.1) is 0 Å². The molecule has 2 rings (SSSR count). The molecule has 0 aromatic heterocycles. The number of likely N-dealkylation sites (N-methyl/N-ethyl adjacent to an activating group) is 1. The molecule has 120 valence electrons. The molecule has 0 aliphatic heterocycles. The van der Waals surface area contributed by atoms with E-state index in [0.717, 1.165) is 17.1 Å². The van der Waals surface area contributed by atoms with Gasteiger partial charge in [-0.25, -0.2) is 0 Å². The Morgan fingerprint density at radius 2 is 1.70 bits per heavy atom. The Kier molecular flexibility index (Phi) is 6.24. The lowest BCUT2D eigenvalue weighted by atomic mass is 10.2. The first-order valence-electron chi connectivity index (χ1n) is 7.44. The van der Waals surface area contributed by atoms with Gasteiger partial charge in [-0.1, -0.05) is 30.3 Å². The molecule has 0 saturated carbocycles. The van der Waals surface area contributed by atoms with Crippen molar-refractivity contribution in [1.82, 2.24) is 4.90 Å². The number of nitrogens with zero attached hydrogens (tertiary/aromatic N) is 1. The number of rotatable bonds is 7. The van der Waals surface area contributed by atoms with E-state index in [2.05, 4.69) is 0 Å². The molecular formula is C19H21NO3. The van der Waals surface area contributed by atoms with Crippen LogP contribution in [0.2, 0.25) is 0 Å². The summed E-state index contributed by atoms with van der Waals surface area (Å²) in [6.07, 6.45) is 3.38. The zero-order valence-electron chi connectivity index (χ0n) is 13.4. The zero-order chi connectivity index (χ0) is 16.5. The summed E-state index contributed by atoms with van der Waals surface area (Å²) in [6, 6.07) is 17.1. The highest BCUT2D eigenvalue weighted by molar-refractivity contribution is 5.91. The van der Waals surface area contributed by atoms with Crippen molar-refractivity contribution in [2.75, 3.05) is 27.3 Å². The standard InChI is InChI=1S/C19H21NO3/c1-20(19(21)13-8-16-6-4-3-5-7-16)14-15-23-18-11-9-17(22-2)10-12-18/h3-13H,14-15H2,1-2H3/b13-8+. The van der Waals surface area contributed by atoms with Gasteiger partial charge in [0.2, 0.25) is 5.91 Å². The van der Waals surface area contributed by atoms with E-state index in [-0.39, 0.29) is 5.91 Å². The van der Waals surface area contributed by atoms with Crippen molar-refractivity contribution < 1.29 is 14.3 Å². The molecular weight excluding hydrogens is 290 g/mol. The van der Waals surface area contributed by atoms with E-state index in [0.29, 0.717) is 13.2 Å². The van der Waals surface area contributed by atoms with Gasteiger partial charge in [-0.2, -0.15) is 0 Å². The second-order valence-electron chi connectivity index (χ2n) is 5.03. The summed E-state index contributed by atoms with van der Waals surface area (Å²) in [6.45, 7) is 0.956. The maximum absolute atomic E-state index is 12.0. The van der Waals surface area contributed by atoms with Crippen LogP contribution in [-0.4, -0.2) is 38.1 Å². The highest BCUT2D eigenvalue weighted by Gasteiger charge is 2.05. The fourth-order valence-corrected chi connectivity index (χ4v) is 1.94. The maximum Gasteiger partial charge on any atom is 0.246 e. The van der Waals surface area contributed by atoms with Gasteiger partial charge in [0, 0.05) is 13.1 Å². The summed E-state index contributed by atoms with van der Waals surface area (Å²) in [7, 11) is 3.38. The van der Waals surface area contributed by atoms with Gasteiger partial charge in [-0.15, -0.1) is 0 Å². The van der Waals surface area contributed by atoms with Gasteiger partial charge in [-0.05, 0) is 35.9 Å². The van der Waals surface area contributed by atoms with Gasteiger partial charge in [0.1, 0.15) is 18.1 Å². The summed E-state index contributed by atoms with van der Waals surface area (Å²) in [5.41, 5.74) is 1.00. The molecule has 0 fully saturated rings. The highest BCUT2D eigenvalue weighted by atomic mass is 16.5. The Morgan fingerprint density at radius 1 is 1.04 bits per heavy atom. The minimum Gasteiger partial charge on any atom is -0.497 e. The maximum atomic E-state index is 12.0. The van der Waals surface area contributed by atoms with Crippen molar-refractivity contribution in [3.63, 3.8) is 0 Å². The Labute approximate surface area is 137 Å². The number of amides is 1. The average Bonchev–Trinajstić information content (AvgIpc) is 2.61. The number of carbonyl (C=O) groups is 1. The van der Waals surface area contributed by atoms with Crippen LogP contribution in [0.25, 0.3) is 6.08 Å². The number of ether oxygens (including phenoxy) is 2. The summed E-state index contributed by atoms with van der Waals surface area (Å²) >= 11 is 0. The number of carbonyl (C=O) groups excluding carboxylic acids is 1. The second kappa shape index (κ2) is 8.63. The van der Waals surface area contributed by atoms with Crippen molar-refractivity contribution in [2.24, 2.45) is 0 Å². The normalized spacial score (nSPS) is 10.5. The van der Waals surface area contributed by atoms with E-state index in [4.69, 9.17) is 9.47 Å². The van der Waals surface area contributed by atoms with Gasteiger partial charge in [0.05, 0.1) is 13.7 Å². The van der Waals surface area contributed by atoms with Crippen LogP contribution >= 0.6 is 0 Å². The monoisotopic (exact) mass is 311 g/mol. The lowest BCUT2D eigenvalue weighted by Gasteiger charge is -2.15. The summed E-state index contributed by atoms with van der Waals surface area (Å²) < 4.78 is 10.7. The number of hydrogen-bond donors (Lipinski definition) is 0. The summed E-state index contributed by atoms with van der Waals surface area (Å²) in [4.78, 5) is 13.6. The third-order valence-corrected chi connectivity index (χ3v) is 3.35. The van der Waals surface area contributed by atoms with Crippen LogP contribution in [0.15, 0.2) is 60.7 Å². The smallest absolute Gasteiger partial charge is 0.246 e. The van der Waals surface area contributed by atoms with Gasteiger partial charge in [0.15, 0.2) is 0 Å². The molecule has 2 aromatic rings. The average molecular weight is 311 g/mol. The quantitative estimate of drug-likeness (QED) is 0.737. The molecule has 0 atom stereocenters. The molecule has 0 saturated heterocycles. The molecule has 0 aliphatic carbocycles. The van der Waals surface area contributed by atoms with Crippen molar-refractivity contribution in [2.45, 2.75) is 0 Å². The van der Waals surface area contributed by atoms with Crippen molar-refractivity contribution in [1.29, 1.82) is 0 Å². The van der Waals surface area contributed by atoms with Crippen molar-refractivity contribution >= 4 is 12.0 Å². The molecule has 0 aliphatic rings. The number of hydrogen-bond acceptors (Lipinski definition) is 3. The Bertz CT molecular complexity index is 635. The Balaban J connectivity index is 1.76. The Hall–Kier alpha value is -2.75. The molecule has 23 heavy (non-hydrogen) atoms. The minimum absolute atomic E-state index is 0.0489. The third kappa shape index (κ3) is 5.51. The van der Waals surface area contributed by atoms with E-state index in [1.54, 1.807) is 25.1 Å². The molecule has 2 aromatic carbocycles. The fraction of sp³-hybridized carbons (Fsp3) is 0.211. The molecule has 0 radical (unpaired) electrons. The molecule has 0 spiro atoms. The number of methoxy groups -OCH3 is 1. The molecule has 4 nitrogen and oxygen atoms in total. The van der Waals surface area contributed by atoms with Crippen LogP contribution in [0.5, 0.6) is 11.5 Å². The third-order valence-electron chi connectivity index (χ3n) is 3.35. The molecule has 0 unspecified atom stereocenters. The molecule has 4 heteroatoms. The van der Waals surface area contributed by atoms with Crippen LogP contribution < -0.4 is 9.47 Å². The molecule has 0 N–H and O–H groups in total. The molecule has 1 amide bonds. The van der Waals surface area contributed by atoms with E-state index >= 15 is 0 Å². The SMILES string of the molecule is COc1ccc(OCCN(C)C(=O)/C=C/c2ccccc2)cc1. The van der Waals surface area contributed by atoms with Gasteiger partial charge >= 0.3 is 0 Å². The largest absolute Gasteiger partial charge is 0.497 e. The van der Waals surface area contributed by atoms with Gasteiger partial charge < -0.3 is 14.4 Å². The lowest BCUT2D eigenvalue weighted by Crippen LogP contribution is -2.29. The highest BCUT2D eigenvalue weighted by Crippen LogP contribution is 2.16. The number of benzene rings is 2. The van der Waals surface area contributed by atoms with Gasteiger partial charge in [-0.3, -0.25) is 4.79 Å². The predicted molar refractivity (Wildman–Crippen MR) is 91.6 cm³/mol. The first-order chi connectivity index (χ1) is 11.2. The van der Waals surface area contributed by atoms with E-state index in [1.807, 2.05) is 60.7 Å². The van der Waals surface area contributed by atoms with Crippen molar-refractivity contribution in [3.8, 4) is 11.5 Å². The predicted octanol–water partition coefficient (Wildman–Crippen LogP) is 3.25. The van der Waals surface area contributed by atoms with Crippen LogP contribution in [0.1, 0.15) is 5.56 Å². The topological polar surface area (TPSA) is 38.8 Å². The zero-order valence-corrected chi connectivity index (χ0v) is 13.4. The first kappa shape index (κ1) is 16.6. The first-order valence-corrected chi connectivity index (χ1v) is 7.44. The Morgan fingerprint density at radius 3 is 2.35 bits per heavy atom. The van der Waals surface area contributed by atoms with Gasteiger partial charge in [0.25, 0.3) is 0 Å². The molecule has 0 heterocycles. The fourth-order valence-electron chi connectivity index (χ4n) is 1.94. The summed E-state index contributed by atoms with van der Waals surface area (Å²) in [5, 5.41) is 0. The van der Waals surface area contributed by atoms with E-state index in [9.17, 15) is 4.79 Å². The summed E-state index contributed by atoms with van der Waals surface area (Å²) in [5.74, 6) is 1.49. The van der Waals surface area contributed by atoms with Crippen LogP contribution in [-0.2, 0) is 4.79 Å². The minimum atomic E-state index is -0.0489. The second-order valence-corrected chi connectivity index (χ2v) is 5.03. The van der Waals surface area contributed by atoms with Crippen LogP contribution in [0.4, 0.5) is 0 Å². The lowest BCUT2D eigenvalue weighted by molar-refractivity contribution is -0.125.